The average molecular weight is 272 g/mol. The number of methoxy groups -OCH3 is 1. The van der Waals surface area contributed by atoms with E-state index in [0.717, 1.165) is 22.1 Å². The number of halogens is 1. The van der Waals surface area contributed by atoms with Gasteiger partial charge in [0.2, 0.25) is 5.91 Å². The summed E-state index contributed by atoms with van der Waals surface area (Å²) in [4.78, 5) is 11.3. The monoisotopic (exact) mass is 271 g/mol. The number of anilines is 1. The van der Waals surface area contributed by atoms with Gasteiger partial charge >= 0.3 is 0 Å². The number of ether oxygens (including phenoxy) is 1. The normalized spacial score (nSPS) is 10.1. The van der Waals surface area contributed by atoms with Crippen LogP contribution < -0.4 is 5.32 Å². The summed E-state index contributed by atoms with van der Waals surface area (Å²) >= 11 is 3.40. The molecule has 0 radical (unpaired) electrons. The molecule has 0 fully saturated rings. The Kier molecular flexibility index (Phi) is 4.78. The zero-order valence-electron chi connectivity index (χ0n) is 8.84. The summed E-state index contributed by atoms with van der Waals surface area (Å²) < 4.78 is 5.77. The molecule has 3 nitrogen and oxygen atoms in total. The zero-order chi connectivity index (χ0) is 11.3. The van der Waals surface area contributed by atoms with Gasteiger partial charge in [0, 0.05) is 17.3 Å². The predicted molar refractivity (Wildman–Crippen MR) is 64.0 cm³/mol. The fourth-order valence-electron chi connectivity index (χ4n) is 1.29. The lowest BCUT2D eigenvalue weighted by Gasteiger charge is -2.09. The largest absolute Gasteiger partial charge is 0.375 e. The van der Waals surface area contributed by atoms with Crippen LogP contribution in [0.2, 0.25) is 0 Å². The third-order valence-corrected chi connectivity index (χ3v) is 2.49. The van der Waals surface area contributed by atoms with Crippen LogP contribution in [0.3, 0.4) is 0 Å². The maximum atomic E-state index is 11.3. The van der Waals surface area contributed by atoms with E-state index in [1.807, 2.05) is 25.1 Å². The first kappa shape index (κ1) is 12.2. The van der Waals surface area contributed by atoms with Gasteiger partial charge in [-0.2, -0.15) is 0 Å². The quantitative estimate of drug-likeness (QED) is 0.914. The van der Waals surface area contributed by atoms with Crippen molar-refractivity contribution in [3.63, 3.8) is 0 Å². The molecule has 4 heteroatoms. The molecule has 1 rings (SSSR count). The number of benzene rings is 1. The number of hydrogen-bond donors (Lipinski definition) is 1. The summed E-state index contributed by atoms with van der Waals surface area (Å²) in [5, 5.41) is 2.80. The van der Waals surface area contributed by atoms with Gasteiger partial charge < -0.3 is 10.1 Å². The van der Waals surface area contributed by atoms with Gasteiger partial charge in [-0.1, -0.05) is 22.9 Å². The molecule has 82 valence electrons. The van der Waals surface area contributed by atoms with Crippen molar-refractivity contribution < 1.29 is 9.53 Å². The summed E-state index contributed by atoms with van der Waals surface area (Å²) in [5.41, 5.74) is 1.96. The topological polar surface area (TPSA) is 38.3 Å². The SMILES string of the molecule is CCc1cc(Br)ccc1NC(=O)COC. The molecule has 0 saturated heterocycles. The Morgan fingerprint density at radius 1 is 1.53 bits per heavy atom. The van der Waals surface area contributed by atoms with Crippen LogP contribution in [0.4, 0.5) is 5.69 Å². The lowest BCUT2D eigenvalue weighted by molar-refractivity contribution is -0.119. The predicted octanol–water partition coefficient (Wildman–Crippen LogP) is 2.60. The Morgan fingerprint density at radius 3 is 2.87 bits per heavy atom. The van der Waals surface area contributed by atoms with Crippen LogP contribution in [0.1, 0.15) is 12.5 Å². The fraction of sp³-hybridized carbons (Fsp3) is 0.364. The second-order valence-corrected chi connectivity index (χ2v) is 4.05. The fourth-order valence-corrected chi connectivity index (χ4v) is 1.70. The van der Waals surface area contributed by atoms with Gasteiger partial charge in [-0.05, 0) is 30.2 Å². The second kappa shape index (κ2) is 5.88. The van der Waals surface area contributed by atoms with Crippen LogP contribution in [0.25, 0.3) is 0 Å². The van der Waals surface area contributed by atoms with Crippen molar-refractivity contribution in [2.24, 2.45) is 0 Å². The zero-order valence-corrected chi connectivity index (χ0v) is 10.4. The maximum Gasteiger partial charge on any atom is 0.250 e. The van der Waals surface area contributed by atoms with Gasteiger partial charge in [0.1, 0.15) is 6.61 Å². The molecule has 0 bridgehead atoms. The van der Waals surface area contributed by atoms with Crippen molar-refractivity contribution in [2.75, 3.05) is 19.0 Å². The molecular weight excluding hydrogens is 258 g/mol. The molecule has 1 aromatic rings. The van der Waals surface area contributed by atoms with E-state index in [1.165, 1.54) is 7.11 Å². The minimum atomic E-state index is -0.130. The molecule has 1 aromatic carbocycles. The number of hydrogen-bond acceptors (Lipinski definition) is 2. The smallest absolute Gasteiger partial charge is 0.250 e. The van der Waals surface area contributed by atoms with Crippen molar-refractivity contribution in [2.45, 2.75) is 13.3 Å². The first-order valence-electron chi connectivity index (χ1n) is 4.74. The molecule has 1 N–H and O–H groups in total. The molecule has 0 aliphatic heterocycles. The number of nitrogens with one attached hydrogen (secondary N) is 1. The number of rotatable bonds is 4. The van der Waals surface area contributed by atoms with Crippen molar-refractivity contribution in [3.05, 3.63) is 28.2 Å². The van der Waals surface area contributed by atoms with Gasteiger partial charge in [-0.15, -0.1) is 0 Å². The van der Waals surface area contributed by atoms with Gasteiger partial charge in [0.05, 0.1) is 0 Å². The number of amides is 1. The van der Waals surface area contributed by atoms with E-state index in [2.05, 4.69) is 21.2 Å². The van der Waals surface area contributed by atoms with E-state index < -0.39 is 0 Å². The molecule has 0 aliphatic carbocycles. The highest BCUT2D eigenvalue weighted by Crippen LogP contribution is 2.21. The van der Waals surface area contributed by atoms with E-state index in [4.69, 9.17) is 4.74 Å². The Morgan fingerprint density at radius 2 is 2.27 bits per heavy atom. The summed E-state index contributed by atoms with van der Waals surface area (Å²) in [6.07, 6.45) is 0.877. The van der Waals surface area contributed by atoms with Crippen molar-refractivity contribution in [1.82, 2.24) is 0 Å². The maximum absolute atomic E-state index is 11.3. The van der Waals surface area contributed by atoms with Crippen LogP contribution >= 0.6 is 15.9 Å². The Hall–Kier alpha value is -0.870. The summed E-state index contributed by atoms with van der Waals surface area (Å²) in [6, 6.07) is 5.79. The first-order valence-corrected chi connectivity index (χ1v) is 5.54. The molecule has 0 aromatic heterocycles. The van der Waals surface area contributed by atoms with E-state index in [1.54, 1.807) is 0 Å². The standard InChI is InChI=1S/C11H14BrNO2/c1-3-8-6-9(12)4-5-10(8)13-11(14)7-15-2/h4-6H,3,7H2,1-2H3,(H,13,14). The van der Waals surface area contributed by atoms with Crippen LogP contribution in [-0.2, 0) is 16.0 Å². The third kappa shape index (κ3) is 3.64. The Balaban J connectivity index is 2.80. The minimum absolute atomic E-state index is 0.0826. The van der Waals surface area contributed by atoms with E-state index in [9.17, 15) is 4.79 Å². The number of aryl methyl sites for hydroxylation is 1. The molecule has 15 heavy (non-hydrogen) atoms. The van der Waals surface area contributed by atoms with Crippen molar-refractivity contribution >= 4 is 27.5 Å². The minimum Gasteiger partial charge on any atom is -0.375 e. The summed E-state index contributed by atoms with van der Waals surface area (Å²) in [6.45, 7) is 2.13. The average Bonchev–Trinajstić information content (AvgIpc) is 2.21. The molecule has 0 unspecified atom stereocenters. The summed E-state index contributed by atoms with van der Waals surface area (Å²) in [5.74, 6) is -0.130. The van der Waals surface area contributed by atoms with Crippen molar-refractivity contribution in [3.8, 4) is 0 Å². The lowest BCUT2D eigenvalue weighted by Crippen LogP contribution is -2.18. The molecule has 0 aliphatic rings. The highest BCUT2D eigenvalue weighted by Gasteiger charge is 2.05. The Labute approximate surface area is 97.9 Å². The highest BCUT2D eigenvalue weighted by atomic mass is 79.9. The highest BCUT2D eigenvalue weighted by molar-refractivity contribution is 9.10. The van der Waals surface area contributed by atoms with E-state index in [0.29, 0.717) is 0 Å². The van der Waals surface area contributed by atoms with E-state index in [-0.39, 0.29) is 12.5 Å². The van der Waals surface area contributed by atoms with Crippen LogP contribution in [0.5, 0.6) is 0 Å². The summed E-state index contributed by atoms with van der Waals surface area (Å²) in [7, 11) is 1.50. The van der Waals surface area contributed by atoms with Crippen LogP contribution in [0, 0.1) is 0 Å². The van der Waals surface area contributed by atoms with Crippen LogP contribution in [0.15, 0.2) is 22.7 Å². The second-order valence-electron chi connectivity index (χ2n) is 3.14. The molecule has 0 spiro atoms. The first-order chi connectivity index (χ1) is 7.17. The number of carbonyl (C=O) groups is 1. The molecular formula is C11H14BrNO2. The molecule has 0 saturated carbocycles. The molecule has 0 heterocycles. The Bertz CT molecular complexity index is 352. The number of carbonyl (C=O) groups excluding carboxylic acids is 1. The lowest BCUT2D eigenvalue weighted by atomic mass is 10.1. The van der Waals surface area contributed by atoms with Crippen molar-refractivity contribution in [1.29, 1.82) is 0 Å². The van der Waals surface area contributed by atoms with Gasteiger partial charge in [0.25, 0.3) is 0 Å². The van der Waals surface area contributed by atoms with Gasteiger partial charge in [-0.3, -0.25) is 4.79 Å². The van der Waals surface area contributed by atoms with Gasteiger partial charge in [-0.25, -0.2) is 0 Å². The third-order valence-electron chi connectivity index (χ3n) is 2.00. The van der Waals surface area contributed by atoms with E-state index >= 15 is 0 Å². The molecule has 0 atom stereocenters. The molecule has 1 amide bonds. The van der Waals surface area contributed by atoms with Gasteiger partial charge in [0.15, 0.2) is 0 Å². The van der Waals surface area contributed by atoms with Crippen LogP contribution in [-0.4, -0.2) is 19.6 Å².